The number of nitrogens with two attached hydrogens (primary N) is 2. The summed E-state index contributed by atoms with van der Waals surface area (Å²) in [5, 5.41) is 23.7. The Bertz CT molecular complexity index is 682. The highest BCUT2D eigenvalue weighted by Crippen LogP contribution is 2.37. The van der Waals surface area contributed by atoms with Gasteiger partial charge in [-0.05, 0) is 18.4 Å². The van der Waals surface area contributed by atoms with Crippen molar-refractivity contribution in [2.75, 3.05) is 41.2 Å². The summed E-state index contributed by atoms with van der Waals surface area (Å²) in [5.41, 5.74) is 12.1. The monoisotopic (exact) mass is 400 g/mol. The van der Waals surface area contributed by atoms with Gasteiger partial charge in [0.2, 0.25) is 0 Å². The molecule has 0 saturated carbocycles. The van der Waals surface area contributed by atoms with Gasteiger partial charge in [-0.3, -0.25) is 4.79 Å². The number of rotatable bonds is 7. The minimum atomic E-state index is -1.23. The van der Waals surface area contributed by atoms with Crippen LogP contribution in [0.1, 0.15) is 6.42 Å². The third-order valence-corrected chi connectivity index (χ3v) is 5.17. The van der Waals surface area contributed by atoms with Crippen molar-refractivity contribution in [1.29, 1.82) is 0 Å². The molecule has 1 aromatic rings. The Kier molecular flexibility index (Phi) is 6.22. The van der Waals surface area contributed by atoms with E-state index in [1.807, 2.05) is 6.26 Å². The predicted octanol–water partition coefficient (Wildman–Crippen LogP) is -1.68. The van der Waals surface area contributed by atoms with Crippen LogP contribution in [0.2, 0.25) is 0 Å². The molecule has 0 radical (unpaired) electrons. The van der Waals surface area contributed by atoms with Crippen molar-refractivity contribution in [2.45, 2.75) is 37.0 Å². The zero-order valence-corrected chi connectivity index (χ0v) is 15.6. The van der Waals surface area contributed by atoms with Gasteiger partial charge in [-0.15, -0.1) is 0 Å². The molecule has 7 N–H and O–H groups in total. The van der Waals surface area contributed by atoms with Gasteiger partial charge in [0.15, 0.2) is 17.9 Å². The average Bonchev–Trinajstić information content (AvgIpc) is 3.21. The van der Waals surface area contributed by atoms with Crippen LogP contribution in [0.5, 0.6) is 0 Å². The van der Waals surface area contributed by atoms with E-state index in [1.165, 1.54) is 6.33 Å². The molecule has 3 heterocycles. The number of aliphatic hydroxyl groups is 2. The second kappa shape index (κ2) is 8.44. The molecule has 3 rings (SSSR count). The number of thioether (sulfide) groups is 1. The van der Waals surface area contributed by atoms with E-state index in [4.69, 9.17) is 20.9 Å². The van der Waals surface area contributed by atoms with Crippen LogP contribution in [0.15, 0.2) is 6.33 Å². The lowest BCUT2D eigenvalue weighted by Gasteiger charge is -2.26. The predicted molar refractivity (Wildman–Crippen MR) is 100 cm³/mol. The Morgan fingerprint density at radius 3 is 3.04 bits per heavy atom. The summed E-state index contributed by atoms with van der Waals surface area (Å²) in [7, 11) is 0. The minimum absolute atomic E-state index is 0.208. The maximum atomic E-state index is 11.9. The van der Waals surface area contributed by atoms with Gasteiger partial charge in [0.25, 0.3) is 0 Å². The number of aromatic nitrogens is 2. The molecule has 1 fully saturated rings. The van der Waals surface area contributed by atoms with Crippen LogP contribution in [-0.2, 0) is 14.3 Å². The van der Waals surface area contributed by atoms with E-state index in [0.717, 1.165) is 5.75 Å². The molecular formula is C15H24N6O5S. The zero-order chi connectivity index (χ0) is 19.6. The average molecular weight is 400 g/mol. The maximum Gasteiger partial charge on any atom is 0.323 e. The number of carbonyl (C=O) groups excluding carboxylic acids is 1. The molecule has 0 unspecified atom stereocenters. The second-order valence-corrected chi connectivity index (χ2v) is 7.31. The summed E-state index contributed by atoms with van der Waals surface area (Å²) < 4.78 is 10.9. The first kappa shape index (κ1) is 19.9. The maximum absolute atomic E-state index is 11.9. The number of ether oxygens (including phenoxy) is 2. The Balaban J connectivity index is 1.60. The third kappa shape index (κ3) is 4.04. The lowest BCUT2D eigenvalue weighted by Crippen LogP contribution is -2.44. The number of aliphatic hydroxyl groups excluding tert-OH is 2. The minimum Gasteiger partial charge on any atom is -0.462 e. The van der Waals surface area contributed by atoms with Crippen molar-refractivity contribution in [3.8, 4) is 0 Å². The molecule has 0 bridgehead atoms. The lowest BCUT2D eigenvalue weighted by molar-refractivity contribution is -0.150. The number of anilines is 3. The number of hydrogen-bond donors (Lipinski definition) is 5. The SMILES string of the molecule is CSCC[C@H](N)C(=O)OC[C@H]1O[C@@H](N2CNc3c(N)ncnc32)[C@H](O)[C@@H]1O. The summed E-state index contributed by atoms with van der Waals surface area (Å²) in [5.74, 6) is 0.925. The summed E-state index contributed by atoms with van der Waals surface area (Å²) in [6.45, 7) is 0.0688. The van der Waals surface area contributed by atoms with Gasteiger partial charge in [0, 0.05) is 0 Å². The van der Waals surface area contributed by atoms with Gasteiger partial charge in [0.05, 0.1) is 6.67 Å². The van der Waals surface area contributed by atoms with Crippen molar-refractivity contribution in [2.24, 2.45) is 5.73 Å². The van der Waals surface area contributed by atoms with Gasteiger partial charge in [-0.1, -0.05) is 0 Å². The second-order valence-electron chi connectivity index (χ2n) is 6.33. The summed E-state index contributed by atoms with van der Waals surface area (Å²) in [6, 6.07) is -0.731. The smallest absolute Gasteiger partial charge is 0.323 e. The highest BCUT2D eigenvalue weighted by molar-refractivity contribution is 7.98. The van der Waals surface area contributed by atoms with E-state index in [0.29, 0.717) is 17.9 Å². The van der Waals surface area contributed by atoms with Gasteiger partial charge in [0.1, 0.15) is 43.0 Å². The first-order valence-electron chi connectivity index (χ1n) is 8.47. The van der Waals surface area contributed by atoms with Crippen LogP contribution in [0.25, 0.3) is 0 Å². The molecule has 12 heteroatoms. The molecule has 5 atom stereocenters. The van der Waals surface area contributed by atoms with Crippen molar-refractivity contribution < 1.29 is 24.5 Å². The van der Waals surface area contributed by atoms with Crippen LogP contribution < -0.4 is 21.7 Å². The largest absolute Gasteiger partial charge is 0.462 e. The molecule has 1 saturated heterocycles. The Morgan fingerprint density at radius 2 is 2.30 bits per heavy atom. The molecule has 1 aromatic heterocycles. The summed E-state index contributed by atoms with van der Waals surface area (Å²) in [4.78, 5) is 21.6. The fraction of sp³-hybridized carbons (Fsp3) is 0.667. The van der Waals surface area contributed by atoms with Crippen LogP contribution in [0.3, 0.4) is 0 Å². The number of carbonyl (C=O) groups is 1. The van der Waals surface area contributed by atoms with Crippen molar-refractivity contribution >= 4 is 35.1 Å². The van der Waals surface area contributed by atoms with Crippen molar-refractivity contribution in [3.63, 3.8) is 0 Å². The molecule has 150 valence electrons. The van der Waals surface area contributed by atoms with Gasteiger partial charge in [-0.2, -0.15) is 11.8 Å². The fourth-order valence-corrected chi connectivity index (χ4v) is 3.47. The molecule has 0 spiro atoms. The highest BCUT2D eigenvalue weighted by Gasteiger charge is 2.48. The van der Waals surface area contributed by atoms with Crippen LogP contribution in [0, 0.1) is 0 Å². The number of esters is 1. The number of fused-ring (bicyclic) bond motifs is 1. The normalized spacial score (nSPS) is 27.9. The van der Waals surface area contributed by atoms with Gasteiger partial charge in [-0.25, -0.2) is 9.97 Å². The molecule has 0 amide bonds. The number of nitrogen functional groups attached to an aromatic ring is 1. The molecule has 2 aliphatic rings. The number of nitrogens with one attached hydrogen (secondary N) is 1. The Labute approximate surface area is 160 Å². The van der Waals surface area contributed by atoms with Crippen molar-refractivity contribution in [3.05, 3.63) is 6.33 Å². The van der Waals surface area contributed by atoms with E-state index < -0.39 is 36.6 Å². The molecule has 11 nitrogen and oxygen atoms in total. The third-order valence-electron chi connectivity index (χ3n) is 4.52. The highest BCUT2D eigenvalue weighted by atomic mass is 32.2. The number of hydrogen-bond acceptors (Lipinski definition) is 12. The zero-order valence-electron chi connectivity index (χ0n) is 14.8. The van der Waals surface area contributed by atoms with E-state index in [1.54, 1.807) is 16.7 Å². The number of nitrogens with zero attached hydrogens (tertiary/aromatic N) is 3. The Morgan fingerprint density at radius 1 is 1.52 bits per heavy atom. The molecule has 0 aliphatic carbocycles. The lowest BCUT2D eigenvalue weighted by atomic mass is 10.1. The van der Waals surface area contributed by atoms with Crippen LogP contribution in [0.4, 0.5) is 17.3 Å². The first-order chi connectivity index (χ1) is 12.9. The quantitative estimate of drug-likeness (QED) is 0.330. The van der Waals surface area contributed by atoms with E-state index in [2.05, 4.69) is 15.3 Å². The fourth-order valence-electron chi connectivity index (χ4n) is 2.98. The van der Waals surface area contributed by atoms with Crippen LogP contribution in [-0.4, -0.2) is 82.0 Å². The molecule has 27 heavy (non-hydrogen) atoms. The molecule has 2 aliphatic heterocycles. The summed E-state index contributed by atoms with van der Waals surface area (Å²) in [6.07, 6.45) is -0.484. The van der Waals surface area contributed by atoms with Crippen LogP contribution >= 0.6 is 11.8 Å². The standard InChI is InChI=1S/C15H24N6O5S/c1-27-3-2-7(16)15(24)25-4-8-10(22)11(23)14(26-8)21-6-20-9-12(17)18-5-19-13(9)21/h5,7-8,10-11,14,20,22-23H,2-4,6,16H2,1H3,(H2,17,18,19)/t7-,8+,10+,11+,14+/m0/s1. The van der Waals surface area contributed by atoms with Crippen molar-refractivity contribution in [1.82, 2.24) is 9.97 Å². The van der Waals surface area contributed by atoms with Gasteiger partial charge >= 0.3 is 5.97 Å². The van der Waals surface area contributed by atoms with E-state index in [9.17, 15) is 15.0 Å². The topological polar surface area (TPSA) is 169 Å². The van der Waals surface area contributed by atoms with E-state index in [-0.39, 0.29) is 19.1 Å². The molecular weight excluding hydrogens is 376 g/mol. The van der Waals surface area contributed by atoms with E-state index >= 15 is 0 Å². The summed E-state index contributed by atoms with van der Waals surface area (Å²) >= 11 is 1.59. The molecule has 0 aromatic carbocycles. The Hall–Kier alpha value is -1.86. The first-order valence-corrected chi connectivity index (χ1v) is 9.87. The van der Waals surface area contributed by atoms with Gasteiger partial charge < -0.3 is 41.4 Å².